The van der Waals surface area contributed by atoms with E-state index in [4.69, 9.17) is 9.26 Å². The lowest BCUT2D eigenvalue weighted by molar-refractivity contribution is -0.135. The maximum Gasteiger partial charge on any atom is 0.260 e. The van der Waals surface area contributed by atoms with E-state index in [9.17, 15) is 4.79 Å². The van der Waals surface area contributed by atoms with Crippen molar-refractivity contribution in [2.24, 2.45) is 0 Å². The Kier molecular flexibility index (Phi) is 4.55. The predicted octanol–water partition coefficient (Wildman–Crippen LogP) is 2.65. The first-order valence-corrected chi connectivity index (χ1v) is 8.24. The summed E-state index contributed by atoms with van der Waals surface area (Å²) in [6.07, 6.45) is 1.62. The van der Waals surface area contributed by atoms with Crippen LogP contribution in [0.15, 0.2) is 28.8 Å². The molecule has 6 heteroatoms. The molecule has 1 aromatic heterocycles. The van der Waals surface area contributed by atoms with Gasteiger partial charge in [0.1, 0.15) is 5.75 Å². The van der Waals surface area contributed by atoms with Crippen LogP contribution in [0, 0.1) is 13.8 Å². The Morgan fingerprint density at radius 2 is 1.92 bits per heavy atom. The molecule has 6 nitrogen and oxygen atoms in total. The summed E-state index contributed by atoms with van der Waals surface area (Å²) in [4.78, 5) is 18.5. The number of aryl methyl sites for hydroxylation is 2. The molecule has 0 atom stereocenters. The van der Waals surface area contributed by atoms with Crippen LogP contribution < -0.4 is 4.74 Å². The number of piperidine rings is 1. The minimum atomic E-state index is -0.157. The molecule has 0 aliphatic carbocycles. The van der Waals surface area contributed by atoms with Gasteiger partial charge in [-0.25, -0.2) is 0 Å². The van der Waals surface area contributed by atoms with E-state index < -0.39 is 0 Å². The number of hydrogen-bond donors (Lipinski definition) is 0. The highest BCUT2D eigenvalue weighted by Crippen LogP contribution is 2.33. The van der Waals surface area contributed by atoms with Crippen molar-refractivity contribution in [2.75, 3.05) is 19.7 Å². The van der Waals surface area contributed by atoms with Crippen LogP contribution >= 0.6 is 0 Å². The lowest BCUT2D eigenvalue weighted by Crippen LogP contribution is -2.45. The van der Waals surface area contributed by atoms with Gasteiger partial charge in [-0.05, 0) is 38.8 Å². The quantitative estimate of drug-likeness (QED) is 0.862. The number of likely N-dealkylation sites (tertiary alicyclic amines) is 1. The van der Waals surface area contributed by atoms with Crippen molar-refractivity contribution in [1.29, 1.82) is 0 Å². The van der Waals surface area contributed by atoms with Crippen LogP contribution in [0.3, 0.4) is 0 Å². The van der Waals surface area contributed by atoms with E-state index in [2.05, 4.69) is 17.1 Å². The summed E-state index contributed by atoms with van der Waals surface area (Å²) in [7, 11) is 0. The average molecular weight is 329 g/mol. The fraction of sp³-hybridized carbons (Fsp3) is 0.500. The van der Waals surface area contributed by atoms with Gasteiger partial charge >= 0.3 is 0 Å². The second kappa shape index (κ2) is 6.63. The highest BCUT2D eigenvalue weighted by molar-refractivity contribution is 5.77. The van der Waals surface area contributed by atoms with Crippen LogP contribution in [-0.2, 0) is 10.2 Å². The molecule has 1 aliphatic rings. The number of nitrogens with zero attached hydrogens (tertiary/aromatic N) is 3. The second-order valence-corrected chi connectivity index (χ2v) is 6.69. The molecule has 0 radical (unpaired) electrons. The number of amides is 1. The van der Waals surface area contributed by atoms with Crippen LogP contribution in [0.5, 0.6) is 5.75 Å². The predicted molar refractivity (Wildman–Crippen MR) is 88.9 cm³/mol. The Labute approximate surface area is 141 Å². The summed E-state index contributed by atoms with van der Waals surface area (Å²) in [5.41, 5.74) is 1.01. The fourth-order valence-electron chi connectivity index (χ4n) is 2.88. The third kappa shape index (κ3) is 3.58. The van der Waals surface area contributed by atoms with Gasteiger partial charge in [0, 0.05) is 13.1 Å². The maximum atomic E-state index is 12.3. The summed E-state index contributed by atoms with van der Waals surface area (Å²) < 4.78 is 10.9. The number of benzene rings is 1. The van der Waals surface area contributed by atoms with Gasteiger partial charge in [-0.1, -0.05) is 29.8 Å². The number of hydrogen-bond acceptors (Lipinski definition) is 5. The molecule has 0 spiro atoms. The normalized spacial score (nSPS) is 16.9. The van der Waals surface area contributed by atoms with Gasteiger partial charge in [-0.15, -0.1) is 0 Å². The number of carbonyl (C=O) groups excluding carboxylic acids is 1. The van der Waals surface area contributed by atoms with Crippen LogP contribution in [0.2, 0.25) is 0 Å². The minimum Gasteiger partial charge on any atom is -0.484 e. The van der Waals surface area contributed by atoms with Gasteiger partial charge in [0.15, 0.2) is 12.4 Å². The molecule has 128 valence electrons. The Balaban J connectivity index is 1.52. The average Bonchev–Trinajstić information content (AvgIpc) is 3.02. The van der Waals surface area contributed by atoms with Gasteiger partial charge in [0.2, 0.25) is 5.89 Å². The zero-order chi connectivity index (χ0) is 17.2. The molecule has 2 aromatic rings. The zero-order valence-corrected chi connectivity index (χ0v) is 14.4. The monoisotopic (exact) mass is 329 g/mol. The molecule has 0 unspecified atom stereocenters. The highest BCUT2D eigenvalue weighted by atomic mass is 16.5. The van der Waals surface area contributed by atoms with Gasteiger partial charge in [0.25, 0.3) is 5.91 Å². The summed E-state index contributed by atoms with van der Waals surface area (Å²) in [5.74, 6) is 2.05. The first-order chi connectivity index (χ1) is 11.5. The van der Waals surface area contributed by atoms with Crippen molar-refractivity contribution in [3.8, 4) is 5.75 Å². The number of rotatable bonds is 4. The third-order valence-electron chi connectivity index (χ3n) is 4.65. The molecule has 1 aliphatic heterocycles. The van der Waals surface area contributed by atoms with Crippen molar-refractivity contribution in [3.63, 3.8) is 0 Å². The molecule has 1 fully saturated rings. The van der Waals surface area contributed by atoms with Crippen LogP contribution in [0.1, 0.15) is 37.0 Å². The first-order valence-electron chi connectivity index (χ1n) is 8.24. The van der Waals surface area contributed by atoms with Crippen molar-refractivity contribution >= 4 is 5.91 Å². The summed E-state index contributed by atoms with van der Waals surface area (Å²) in [5, 5.41) is 3.87. The van der Waals surface area contributed by atoms with E-state index in [-0.39, 0.29) is 17.9 Å². The van der Waals surface area contributed by atoms with E-state index >= 15 is 0 Å². The second-order valence-electron chi connectivity index (χ2n) is 6.69. The maximum absolute atomic E-state index is 12.3. The highest BCUT2D eigenvalue weighted by Gasteiger charge is 2.37. The molecule has 3 rings (SSSR count). The van der Waals surface area contributed by atoms with Gasteiger partial charge in [-0.2, -0.15) is 4.98 Å². The summed E-state index contributed by atoms with van der Waals surface area (Å²) in [6, 6.07) is 7.71. The molecular weight excluding hydrogens is 306 g/mol. The largest absolute Gasteiger partial charge is 0.484 e. The smallest absolute Gasteiger partial charge is 0.260 e. The molecule has 1 amide bonds. The summed E-state index contributed by atoms with van der Waals surface area (Å²) >= 11 is 0. The number of carbonyl (C=O) groups is 1. The molecule has 0 saturated carbocycles. The standard InChI is InChI=1S/C18H23N3O3/c1-13-4-6-15(7-5-13)23-12-16(22)21-10-8-18(3,9-11-21)17-19-14(2)20-24-17/h4-7H,8-12H2,1-3H3. The van der Waals surface area contributed by atoms with Crippen molar-refractivity contribution in [3.05, 3.63) is 41.5 Å². The first kappa shape index (κ1) is 16.5. The summed E-state index contributed by atoms with van der Waals surface area (Å²) in [6.45, 7) is 7.37. The fourth-order valence-corrected chi connectivity index (χ4v) is 2.88. The molecular formula is C18H23N3O3. The van der Waals surface area contributed by atoms with E-state index in [1.54, 1.807) is 0 Å². The Hall–Kier alpha value is -2.37. The van der Waals surface area contributed by atoms with Crippen molar-refractivity contribution in [1.82, 2.24) is 15.0 Å². The van der Waals surface area contributed by atoms with E-state index in [0.29, 0.717) is 24.8 Å². The molecule has 1 saturated heterocycles. The van der Waals surface area contributed by atoms with Crippen LogP contribution in [0.4, 0.5) is 0 Å². The van der Waals surface area contributed by atoms with Gasteiger partial charge < -0.3 is 14.2 Å². The molecule has 24 heavy (non-hydrogen) atoms. The number of ether oxygens (including phenoxy) is 1. The van der Waals surface area contributed by atoms with Crippen LogP contribution in [0.25, 0.3) is 0 Å². The van der Waals surface area contributed by atoms with E-state index in [1.807, 2.05) is 43.0 Å². The Morgan fingerprint density at radius 1 is 1.25 bits per heavy atom. The van der Waals surface area contributed by atoms with Crippen molar-refractivity contribution < 1.29 is 14.1 Å². The Bertz CT molecular complexity index is 701. The van der Waals surface area contributed by atoms with Gasteiger partial charge in [0.05, 0.1) is 5.41 Å². The molecule has 2 heterocycles. The lowest BCUT2D eigenvalue weighted by atomic mass is 9.80. The molecule has 1 aromatic carbocycles. The molecule has 0 bridgehead atoms. The molecule has 0 N–H and O–H groups in total. The van der Waals surface area contributed by atoms with Gasteiger partial charge in [-0.3, -0.25) is 4.79 Å². The van der Waals surface area contributed by atoms with E-state index in [1.165, 1.54) is 5.56 Å². The topological polar surface area (TPSA) is 68.5 Å². The van der Waals surface area contributed by atoms with E-state index in [0.717, 1.165) is 18.6 Å². The number of aromatic nitrogens is 2. The Morgan fingerprint density at radius 3 is 2.50 bits per heavy atom. The lowest BCUT2D eigenvalue weighted by Gasteiger charge is -2.36. The SMILES string of the molecule is Cc1ccc(OCC(=O)N2CCC(C)(c3nc(C)no3)CC2)cc1. The minimum absolute atomic E-state index is 0.0133. The zero-order valence-electron chi connectivity index (χ0n) is 14.4. The van der Waals surface area contributed by atoms with Crippen LogP contribution in [-0.4, -0.2) is 40.6 Å². The third-order valence-corrected chi connectivity index (χ3v) is 4.65. The van der Waals surface area contributed by atoms with Crippen molar-refractivity contribution in [2.45, 2.75) is 39.0 Å².